The van der Waals surface area contributed by atoms with Crippen LogP contribution in [0.25, 0.3) is 0 Å². The van der Waals surface area contributed by atoms with Crippen LogP contribution in [0.1, 0.15) is 43.2 Å². The highest BCUT2D eigenvalue weighted by molar-refractivity contribution is 5.85. The average molecular weight is 258 g/mol. The first-order valence-corrected chi connectivity index (χ1v) is 7.38. The number of carbonyl (C=O) groups is 1. The highest BCUT2D eigenvalue weighted by Crippen LogP contribution is 2.35. The van der Waals surface area contributed by atoms with Crippen LogP contribution in [0.2, 0.25) is 0 Å². The molecule has 0 bridgehead atoms. The van der Waals surface area contributed by atoms with Gasteiger partial charge in [-0.15, -0.1) is 0 Å². The Labute approximate surface area is 114 Å². The van der Waals surface area contributed by atoms with E-state index in [0.717, 1.165) is 19.0 Å². The van der Waals surface area contributed by atoms with Gasteiger partial charge in [-0.3, -0.25) is 4.79 Å². The molecule has 0 spiro atoms. The van der Waals surface area contributed by atoms with Crippen LogP contribution in [-0.4, -0.2) is 18.5 Å². The van der Waals surface area contributed by atoms with Crippen molar-refractivity contribution in [2.24, 2.45) is 5.92 Å². The molecule has 3 heteroatoms. The van der Waals surface area contributed by atoms with Crippen molar-refractivity contribution in [3.05, 3.63) is 35.4 Å². The van der Waals surface area contributed by atoms with E-state index in [0.29, 0.717) is 6.04 Å². The standard InChI is InChI=1S/C16H22N2O/c1-2-5-11-8-15(11)18-16(19)14-10-17-9-12-6-3-4-7-13(12)14/h3-4,6-7,11,14-15,17H,2,5,8-10H2,1H3,(H,18,19). The lowest BCUT2D eigenvalue weighted by molar-refractivity contribution is -0.122. The van der Waals surface area contributed by atoms with E-state index in [1.165, 1.54) is 30.4 Å². The van der Waals surface area contributed by atoms with E-state index in [4.69, 9.17) is 0 Å². The van der Waals surface area contributed by atoms with Crippen LogP contribution in [0.4, 0.5) is 0 Å². The zero-order valence-corrected chi connectivity index (χ0v) is 11.5. The van der Waals surface area contributed by atoms with Gasteiger partial charge < -0.3 is 10.6 Å². The normalized spacial score (nSPS) is 28.6. The van der Waals surface area contributed by atoms with Crippen LogP contribution >= 0.6 is 0 Å². The number of nitrogens with one attached hydrogen (secondary N) is 2. The Bertz CT molecular complexity index is 472. The third-order valence-electron chi connectivity index (χ3n) is 4.32. The maximum absolute atomic E-state index is 12.4. The van der Waals surface area contributed by atoms with E-state index in [1.807, 2.05) is 12.1 Å². The molecule has 1 aromatic rings. The van der Waals surface area contributed by atoms with Gasteiger partial charge in [0, 0.05) is 19.1 Å². The van der Waals surface area contributed by atoms with Crippen molar-refractivity contribution in [2.75, 3.05) is 6.54 Å². The summed E-state index contributed by atoms with van der Waals surface area (Å²) in [5, 5.41) is 6.56. The predicted octanol–water partition coefficient (Wildman–Crippen LogP) is 2.18. The van der Waals surface area contributed by atoms with E-state index in [1.54, 1.807) is 0 Å². The summed E-state index contributed by atoms with van der Waals surface area (Å²) in [6.45, 7) is 3.84. The zero-order valence-electron chi connectivity index (χ0n) is 11.5. The van der Waals surface area contributed by atoms with Crippen molar-refractivity contribution in [1.29, 1.82) is 0 Å². The van der Waals surface area contributed by atoms with Crippen molar-refractivity contribution in [3.8, 4) is 0 Å². The SMILES string of the molecule is CCCC1CC1NC(=O)C1CNCc2ccccc21. The molecule has 1 saturated carbocycles. The molecule has 1 aromatic carbocycles. The molecule has 3 rings (SSSR count). The Hall–Kier alpha value is -1.35. The summed E-state index contributed by atoms with van der Waals surface area (Å²) in [4.78, 5) is 12.4. The van der Waals surface area contributed by atoms with E-state index in [2.05, 4.69) is 29.7 Å². The van der Waals surface area contributed by atoms with E-state index >= 15 is 0 Å². The molecule has 1 aliphatic heterocycles. The van der Waals surface area contributed by atoms with E-state index < -0.39 is 0 Å². The van der Waals surface area contributed by atoms with Gasteiger partial charge in [0.25, 0.3) is 0 Å². The number of hydrogen-bond donors (Lipinski definition) is 2. The van der Waals surface area contributed by atoms with Crippen LogP contribution in [0.15, 0.2) is 24.3 Å². The molecule has 0 saturated heterocycles. The minimum absolute atomic E-state index is 0.0205. The second kappa shape index (κ2) is 5.33. The summed E-state index contributed by atoms with van der Waals surface area (Å²) in [5.74, 6) is 0.900. The third-order valence-corrected chi connectivity index (χ3v) is 4.32. The van der Waals surface area contributed by atoms with Gasteiger partial charge >= 0.3 is 0 Å². The Morgan fingerprint density at radius 3 is 3.11 bits per heavy atom. The highest BCUT2D eigenvalue weighted by Gasteiger charge is 2.39. The van der Waals surface area contributed by atoms with Gasteiger partial charge in [-0.2, -0.15) is 0 Å². The maximum Gasteiger partial charge on any atom is 0.229 e. The minimum atomic E-state index is -0.0205. The number of fused-ring (bicyclic) bond motifs is 1. The Kier molecular flexibility index (Phi) is 3.56. The first kappa shape index (κ1) is 12.7. The molecule has 0 aromatic heterocycles. The Balaban J connectivity index is 1.65. The molecule has 2 aliphatic rings. The largest absolute Gasteiger partial charge is 0.353 e. The van der Waals surface area contributed by atoms with Crippen molar-refractivity contribution < 1.29 is 4.79 Å². The van der Waals surface area contributed by atoms with Crippen molar-refractivity contribution in [3.63, 3.8) is 0 Å². The molecule has 3 atom stereocenters. The summed E-state index contributed by atoms with van der Waals surface area (Å²) in [6.07, 6.45) is 3.62. The van der Waals surface area contributed by atoms with Gasteiger partial charge in [0.1, 0.15) is 0 Å². The molecule has 1 amide bonds. The minimum Gasteiger partial charge on any atom is -0.353 e. The molecule has 102 valence electrons. The predicted molar refractivity (Wildman–Crippen MR) is 75.8 cm³/mol. The van der Waals surface area contributed by atoms with Crippen LogP contribution in [0.5, 0.6) is 0 Å². The lowest BCUT2D eigenvalue weighted by atomic mass is 9.90. The van der Waals surface area contributed by atoms with Gasteiger partial charge in [-0.25, -0.2) is 0 Å². The molecule has 2 N–H and O–H groups in total. The summed E-state index contributed by atoms with van der Waals surface area (Å²) in [6, 6.07) is 8.71. The van der Waals surface area contributed by atoms with Crippen molar-refractivity contribution in [2.45, 2.75) is 44.7 Å². The molecule has 19 heavy (non-hydrogen) atoms. The number of carbonyl (C=O) groups excluding carboxylic acids is 1. The van der Waals surface area contributed by atoms with E-state index in [-0.39, 0.29) is 11.8 Å². The summed E-state index contributed by atoms with van der Waals surface area (Å²) in [7, 11) is 0. The third kappa shape index (κ3) is 2.66. The molecule has 1 aliphatic carbocycles. The van der Waals surface area contributed by atoms with E-state index in [9.17, 15) is 4.79 Å². The lowest BCUT2D eigenvalue weighted by Crippen LogP contribution is -2.40. The lowest BCUT2D eigenvalue weighted by Gasteiger charge is -2.25. The first-order valence-electron chi connectivity index (χ1n) is 7.38. The smallest absolute Gasteiger partial charge is 0.229 e. The van der Waals surface area contributed by atoms with Crippen LogP contribution in [-0.2, 0) is 11.3 Å². The van der Waals surface area contributed by atoms with Crippen LogP contribution < -0.4 is 10.6 Å². The van der Waals surface area contributed by atoms with Crippen molar-refractivity contribution >= 4 is 5.91 Å². The molecular weight excluding hydrogens is 236 g/mol. The topological polar surface area (TPSA) is 41.1 Å². The molecule has 1 heterocycles. The number of benzene rings is 1. The number of hydrogen-bond acceptors (Lipinski definition) is 2. The zero-order chi connectivity index (χ0) is 13.2. The van der Waals surface area contributed by atoms with Crippen LogP contribution in [0, 0.1) is 5.92 Å². The fraction of sp³-hybridized carbons (Fsp3) is 0.562. The molecule has 3 unspecified atom stereocenters. The fourth-order valence-electron chi connectivity index (χ4n) is 3.13. The fourth-order valence-corrected chi connectivity index (χ4v) is 3.13. The monoisotopic (exact) mass is 258 g/mol. The number of rotatable bonds is 4. The summed E-state index contributed by atoms with van der Waals surface area (Å²) in [5.41, 5.74) is 2.46. The maximum atomic E-state index is 12.4. The van der Waals surface area contributed by atoms with Gasteiger partial charge in [0.15, 0.2) is 0 Å². The molecule has 1 fully saturated rings. The van der Waals surface area contributed by atoms with Gasteiger partial charge in [-0.1, -0.05) is 37.6 Å². The number of amides is 1. The highest BCUT2D eigenvalue weighted by atomic mass is 16.2. The molecule has 0 radical (unpaired) electrons. The van der Waals surface area contributed by atoms with Crippen LogP contribution in [0.3, 0.4) is 0 Å². The second-order valence-corrected chi connectivity index (χ2v) is 5.78. The Morgan fingerprint density at radius 2 is 2.26 bits per heavy atom. The second-order valence-electron chi connectivity index (χ2n) is 5.78. The molecular formula is C16H22N2O. The van der Waals surface area contributed by atoms with Gasteiger partial charge in [0.2, 0.25) is 5.91 Å². The quantitative estimate of drug-likeness (QED) is 0.869. The van der Waals surface area contributed by atoms with Gasteiger partial charge in [-0.05, 0) is 29.9 Å². The average Bonchev–Trinajstić information content (AvgIpc) is 3.16. The Morgan fingerprint density at radius 1 is 1.42 bits per heavy atom. The van der Waals surface area contributed by atoms with Gasteiger partial charge in [0.05, 0.1) is 5.92 Å². The summed E-state index contributed by atoms with van der Waals surface area (Å²) < 4.78 is 0. The first-order chi connectivity index (χ1) is 9.29. The van der Waals surface area contributed by atoms with Crippen molar-refractivity contribution in [1.82, 2.24) is 10.6 Å². The summed E-state index contributed by atoms with van der Waals surface area (Å²) >= 11 is 0. The molecule has 3 nitrogen and oxygen atoms in total.